The molecule has 0 rings (SSSR count). The van der Waals surface area contributed by atoms with Crippen LogP contribution in [0.15, 0.2) is 0 Å². The van der Waals surface area contributed by atoms with Gasteiger partial charge in [0, 0.05) is 12.8 Å². The molecule has 0 aromatic carbocycles. The summed E-state index contributed by atoms with van der Waals surface area (Å²) in [5.74, 6) is 0. The van der Waals surface area contributed by atoms with Crippen LogP contribution in [0.3, 0.4) is 0 Å². The molecule has 0 aliphatic heterocycles. The van der Waals surface area contributed by atoms with E-state index in [4.69, 9.17) is 9.79 Å². The van der Waals surface area contributed by atoms with Gasteiger partial charge in [-0.2, -0.15) is 0 Å². The zero-order valence-corrected chi connectivity index (χ0v) is 7.42. The monoisotopic (exact) mass is 174 g/mol. The molecular formula is C3H12O4P2. The Balaban J connectivity index is 0. The molecule has 0 aromatic rings. The van der Waals surface area contributed by atoms with E-state index in [1.165, 1.54) is 6.66 Å². The van der Waals surface area contributed by atoms with Crippen LogP contribution in [0.5, 0.6) is 0 Å². The lowest BCUT2D eigenvalue weighted by Gasteiger charge is -1.74. The van der Waals surface area contributed by atoms with Crippen molar-refractivity contribution in [1.29, 1.82) is 0 Å². The SMILES string of the molecule is CC[PH](=O)O.C[PH](=O)O. The van der Waals surface area contributed by atoms with Crippen molar-refractivity contribution in [1.82, 2.24) is 0 Å². The topological polar surface area (TPSA) is 74.6 Å². The Morgan fingerprint density at radius 3 is 1.44 bits per heavy atom. The third-order valence-corrected chi connectivity index (χ3v) is 0.907. The van der Waals surface area contributed by atoms with Crippen LogP contribution in [0, 0.1) is 0 Å². The molecule has 4 nitrogen and oxygen atoms in total. The average molecular weight is 174 g/mol. The van der Waals surface area contributed by atoms with E-state index in [0.717, 1.165) is 0 Å². The zero-order valence-electron chi connectivity index (χ0n) is 5.42. The number of hydrogen-bond donors (Lipinski definition) is 2. The summed E-state index contributed by atoms with van der Waals surface area (Å²) in [5, 5.41) is 0. The van der Waals surface area contributed by atoms with E-state index in [1.807, 2.05) is 0 Å². The fraction of sp³-hybridized carbons (Fsp3) is 1.00. The van der Waals surface area contributed by atoms with Gasteiger partial charge in [-0.3, -0.25) is 9.13 Å². The molecule has 9 heavy (non-hydrogen) atoms. The van der Waals surface area contributed by atoms with Gasteiger partial charge in [-0.05, 0) is 0 Å². The Morgan fingerprint density at radius 2 is 1.44 bits per heavy atom. The maximum Gasteiger partial charge on any atom is 0.188 e. The van der Waals surface area contributed by atoms with E-state index < -0.39 is 16.1 Å². The van der Waals surface area contributed by atoms with Gasteiger partial charge in [0.05, 0.1) is 0 Å². The van der Waals surface area contributed by atoms with Gasteiger partial charge in [-0.1, -0.05) is 6.92 Å². The third kappa shape index (κ3) is 60.2. The Labute approximate surface area is 55.6 Å². The standard InChI is InChI=1S/C2H7O2P.CH5O2P/c1-2-5(3)4;1-4(2)3/h5H,2H2,1H3,(H,3,4);4H,1H3,(H,2,3). The van der Waals surface area contributed by atoms with Crippen molar-refractivity contribution in [3.05, 3.63) is 0 Å². The maximum atomic E-state index is 9.55. The highest BCUT2D eigenvalue weighted by Gasteiger charge is 1.76. The molecule has 0 aromatic heterocycles. The fourth-order valence-electron chi connectivity index (χ4n) is 0. The molecule has 2 N–H and O–H groups in total. The Kier molecular flexibility index (Phi) is 11.3. The quantitative estimate of drug-likeness (QED) is 0.569. The molecule has 0 bridgehead atoms. The van der Waals surface area contributed by atoms with Crippen LogP contribution in [0.25, 0.3) is 0 Å². The van der Waals surface area contributed by atoms with Gasteiger partial charge in [-0.15, -0.1) is 0 Å². The van der Waals surface area contributed by atoms with Gasteiger partial charge < -0.3 is 9.79 Å². The lowest BCUT2D eigenvalue weighted by Crippen LogP contribution is -1.56. The summed E-state index contributed by atoms with van der Waals surface area (Å²) in [4.78, 5) is 15.5. The second-order valence-corrected chi connectivity index (χ2v) is 3.80. The van der Waals surface area contributed by atoms with E-state index >= 15 is 0 Å². The number of hydrogen-bond acceptors (Lipinski definition) is 2. The van der Waals surface area contributed by atoms with Crippen LogP contribution in [0.1, 0.15) is 6.92 Å². The van der Waals surface area contributed by atoms with Crippen molar-refractivity contribution >= 4 is 16.1 Å². The molecule has 0 saturated carbocycles. The second-order valence-electron chi connectivity index (χ2n) is 1.27. The smallest absolute Gasteiger partial charge is 0.188 e. The van der Waals surface area contributed by atoms with Crippen LogP contribution < -0.4 is 0 Å². The zero-order chi connectivity index (χ0) is 7.86. The van der Waals surface area contributed by atoms with Crippen molar-refractivity contribution < 1.29 is 18.9 Å². The molecule has 2 unspecified atom stereocenters. The second kappa shape index (κ2) is 8.38. The van der Waals surface area contributed by atoms with Gasteiger partial charge >= 0.3 is 0 Å². The predicted molar refractivity (Wildman–Crippen MR) is 38.9 cm³/mol. The molecule has 0 radical (unpaired) electrons. The summed E-state index contributed by atoms with van der Waals surface area (Å²) >= 11 is 0. The third-order valence-electron chi connectivity index (χ3n) is 0.302. The minimum Gasteiger partial charge on any atom is -0.346 e. The van der Waals surface area contributed by atoms with Gasteiger partial charge in [0.1, 0.15) is 0 Å². The van der Waals surface area contributed by atoms with Gasteiger partial charge in [0.2, 0.25) is 0 Å². The van der Waals surface area contributed by atoms with E-state index in [0.29, 0.717) is 6.16 Å². The maximum absolute atomic E-state index is 9.55. The molecule has 0 saturated heterocycles. The van der Waals surface area contributed by atoms with Crippen LogP contribution in [0.2, 0.25) is 0 Å². The summed E-state index contributed by atoms with van der Waals surface area (Å²) in [6.45, 7) is 2.95. The Hall–Kier alpha value is 0.380. The summed E-state index contributed by atoms with van der Waals surface area (Å²) in [6, 6.07) is 0. The fourth-order valence-corrected chi connectivity index (χ4v) is 0. The molecule has 0 aliphatic rings. The highest BCUT2D eigenvalue weighted by atomic mass is 31.1. The largest absolute Gasteiger partial charge is 0.346 e. The molecule has 0 spiro atoms. The summed E-state index contributed by atoms with van der Waals surface area (Å²) < 4.78 is 18.7. The first-order chi connectivity index (χ1) is 4.00. The number of rotatable bonds is 1. The van der Waals surface area contributed by atoms with Gasteiger partial charge in [0.15, 0.2) is 16.1 Å². The first-order valence-corrected chi connectivity index (χ1v) is 5.83. The normalized spacial score (nSPS) is 15.1. The predicted octanol–water partition coefficient (Wildman–Crippen LogP) is 0.556. The van der Waals surface area contributed by atoms with Gasteiger partial charge in [-0.25, -0.2) is 0 Å². The highest BCUT2D eigenvalue weighted by molar-refractivity contribution is 7.37. The van der Waals surface area contributed by atoms with Crippen LogP contribution in [-0.2, 0) is 9.13 Å². The van der Waals surface area contributed by atoms with Crippen molar-refractivity contribution in [2.75, 3.05) is 12.8 Å². The molecule has 0 aliphatic carbocycles. The first-order valence-electron chi connectivity index (χ1n) is 2.42. The van der Waals surface area contributed by atoms with Crippen molar-refractivity contribution in [2.45, 2.75) is 6.92 Å². The van der Waals surface area contributed by atoms with Crippen LogP contribution >= 0.6 is 16.1 Å². The van der Waals surface area contributed by atoms with Crippen LogP contribution in [-0.4, -0.2) is 22.6 Å². The summed E-state index contributed by atoms with van der Waals surface area (Å²) in [7, 11) is -4.25. The molecule has 6 heteroatoms. The minimum absolute atomic E-state index is 0.407. The van der Waals surface area contributed by atoms with E-state index in [2.05, 4.69) is 0 Å². The van der Waals surface area contributed by atoms with Crippen molar-refractivity contribution in [3.63, 3.8) is 0 Å². The molecular weight excluding hydrogens is 162 g/mol. The Bertz CT molecular complexity index is 98.0. The average Bonchev–Trinajstić information content (AvgIpc) is 1.65. The molecule has 2 atom stereocenters. The first kappa shape index (κ1) is 12.1. The van der Waals surface area contributed by atoms with Gasteiger partial charge in [0.25, 0.3) is 0 Å². The minimum atomic E-state index is -2.13. The summed E-state index contributed by atoms with van der Waals surface area (Å²) in [5.41, 5.74) is 0. The Morgan fingerprint density at radius 1 is 1.33 bits per heavy atom. The van der Waals surface area contributed by atoms with Crippen molar-refractivity contribution in [3.8, 4) is 0 Å². The lowest BCUT2D eigenvalue weighted by molar-refractivity contribution is 0.504. The van der Waals surface area contributed by atoms with E-state index in [1.54, 1.807) is 6.92 Å². The highest BCUT2D eigenvalue weighted by Crippen LogP contribution is 2.08. The summed E-state index contributed by atoms with van der Waals surface area (Å²) in [6.07, 6.45) is 0.407. The molecule has 0 amide bonds. The molecule has 0 fully saturated rings. The van der Waals surface area contributed by atoms with Crippen molar-refractivity contribution in [2.24, 2.45) is 0 Å². The van der Waals surface area contributed by atoms with Crippen LogP contribution in [0.4, 0.5) is 0 Å². The lowest BCUT2D eigenvalue weighted by atomic mass is 11.0. The van der Waals surface area contributed by atoms with E-state index in [9.17, 15) is 9.13 Å². The van der Waals surface area contributed by atoms with E-state index in [-0.39, 0.29) is 0 Å². The molecule has 58 valence electrons. The molecule has 0 heterocycles.